The number of carbonyl (C=O) groups excluding carboxylic acids is 1. The molecule has 1 aromatic carbocycles. The van der Waals surface area contributed by atoms with Gasteiger partial charge in [-0.1, -0.05) is 39.6 Å². The molecular weight excluding hydrogens is 354 g/mol. The van der Waals surface area contributed by atoms with E-state index in [1.807, 2.05) is 21.6 Å². The zero-order valence-corrected chi connectivity index (χ0v) is 15.8. The van der Waals surface area contributed by atoms with Crippen molar-refractivity contribution in [1.29, 1.82) is 0 Å². The number of halogens is 1. The summed E-state index contributed by atoms with van der Waals surface area (Å²) in [5.41, 5.74) is 0.575. The van der Waals surface area contributed by atoms with Crippen LogP contribution in [0.4, 0.5) is 5.69 Å². The highest BCUT2D eigenvalue weighted by molar-refractivity contribution is 8.77. The average Bonchev–Trinajstić information content (AvgIpc) is 3.05. The zero-order chi connectivity index (χ0) is 16.7. The summed E-state index contributed by atoms with van der Waals surface area (Å²) in [5, 5.41) is 4.08. The van der Waals surface area contributed by atoms with Gasteiger partial charge in [0.15, 0.2) is 0 Å². The van der Waals surface area contributed by atoms with Crippen molar-refractivity contribution in [1.82, 2.24) is 0 Å². The fourth-order valence-electron chi connectivity index (χ4n) is 2.39. The first kappa shape index (κ1) is 18.6. The van der Waals surface area contributed by atoms with Crippen LogP contribution in [0, 0.1) is 0 Å². The first-order valence-electron chi connectivity index (χ1n) is 7.63. The topological polar surface area (TPSA) is 47.6 Å². The highest BCUT2D eigenvalue weighted by Crippen LogP contribution is 2.40. The lowest BCUT2D eigenvalue weighted by atomic mass is 10.1. The van der Waals surface area contributed by atoms with Crippen molar-refractivity contribution < 1.29 is 14.3 Å². The van der Waals surface area contributed by atoms with Crippen LogP contribution < -0.4 is 14.8 Å². The fraction of sp³-hybridized carbons (Fsp3) is 0.562. The van der Waals surface area contributed by atoms with E-state index in [-0.39, 0.29) is 5.91 Å². The van der Waals surface area contributed by atoms with Crippen molar-refractivity contribution in [2.24, 2.45) is 0 Å². The summed E-state index contributed by atoms with van der Waals surface area (Å²) in [6.45, 7) is 0. The van der Waals surface area contributed by atoms with Gasteiger partial charge in [0.1, 0.15) is 11.5 Å². The third kappa shape index (κ3) is 5.69. The maximum Gasteiger partial charge on any atom is 0.224 e. The lowest BCUT2D eigenvalue weighted by Crippen LogP contribution is -2.12. The maximum atomic E-state index is 12.1. The lowest BCUT2D eigenvalue weighted by molar-refractivity contribution is -0.116. The van der Waals surface area contributed by atoms with Gasteiger partial charge in [-0.2, -0.15) is 0 Å². The van der Waals surface area contributed by atoms with Crippen LogP contribution in [-0.2, 0) is 4.79 Å². The number of ether oxygens (including phenoxy) is 2. The van der Waals surface area contributed by atoms with Gasteiger partial charge in [0, 0.05) is 23.5 Å². The molecule has 7 heteroatoms. The van der Waals surface area contributed by atoms with Crippen LogP contribution in [0.2, 0.25) is 5.02 Å². The molecule has 1 aliphatic rings. The largest absolute Gasteiger partial charge is 0.495 e. The molecule has 1 aromatic rings. The van der Waals surface area contributed by atoms with E-state index in [1.54, 1.807) is 26.4 Å². The highest BCUT2D eigenvalue weighted by Gasteiger charge is 2.16. The van der Waals surface area contributed by atoms with Crippen molar-refractivity contribution in [2.75, 3.05) is 25.3 Å². The maximum absolute atomic E-state index is 12.1. The Labute approximate surface area is 150 Å². The van der Waals surface area contributed by atoms with E-state index < -0.39 is 0 Å². The predicted molar refractivity (Wildman–Crippen MR) is 100 cm³/mol. The molecule has 4 nitrogen and oxygen atoms in total. The third-order valence-corrected chi connectivity index (χ3v) is 6.96. The minimum Gasteiger partial charge on any atom is -0.495 e. The molecule has 1 heterocycles. The molecule has 0 spiro atoms. The number of benzene rings is 1. The molecule has 0 radical (unpaired) electrons. The van der Waals surface area contributed by atoms with Crippen LogP contribution in [0.3, 0.4) is 0 Å². The number of rotatable bonds is 8. The van der Waals surface area contributed by atoms with Crippen molar-refractivity contribution in [3.8, 4) is 11.5 Å². The lowest BCUT2D eigenvalue weighted by Gasteiger charge is -2.13. The van der Waals surface area contributed by atoms with E-state index in [0.717, 1.165) is 18.1 Å². The molecular formula is C16H22ClNO3S2. The molecule has 0 aromatic heterocycles. The molecule has 0 saturated carbocycles. The van der Waals surface area contributed by atoms with Crippen LogP contribution in [0.25, 0.3) is 0 Å². The van der Waals surface area contributed by atoms with Gasteiger partial charge in [0.05, 0.1) is 24.9 Å². The Balaban J connectivity index is 1.81. The van der Waals surface area contributed by atoms with Gasteiger partial charge in [-0.05, 0) is 25.3 Å². The summed E-state index contributed by atoms with van der Waals surface area (Å²) < 4.78 is 10.4. The molecule has 1 saturated heterocycles. The van der Waals surface area contributed by atoms with Crippen molar-refractivity contribution >= 4 is 44.8 Å². The first-order chi connectivity index (χ1) is 11.1. The van der Waals surface area contributed by atoms with E-state index in [9.17, 15) is 4.79 Å². The van der Waals surface area contributed by atoms with E-state index in [1.165, 1.54) is 18.6 Å². The summed E-state index contributed by atoms with van der Waals surface area (Å²) in [7, 11) is 7.04. The summed E-state index contributed by atoms with van der Waals surface area (Å²) in [5.74, 6) is 2.30. The SMILES string of the molecule is COc1cc(OC)c(NC(=O)CCCCC2CCSS2)cc1Cl. The molecule has 2 rings (SSSR count). The summed E-state index contributed by atoms with van der Waals surface area (Å²) in [6, 6.07) is 3.33. The zero-order valence-electron chi connectivity index (χ0n) is 13.4. The molecule has 1 aliphatic heterocycles. The highest BCUT2D eigenvalue weighted by atomic mass is 35.5. The quantitative estimate of drug-likeness (QED) is 0.511. The number of anilines is 1. The van der Waals surface area contributed by atoms with Crippen molar-refractivity contribution in [3.05, 3.63) is 17.2 Å². The molecule has 1 unspecified atom stereocenters. The number of hydrogen-bond acceptors (Lipinski definition) is 5. The summed E-state index contributed by atoms with van der Waals surface area (Å²) >= 11 is 6.11. The average molecular weight is 376 g/mol. The summed E-state index contributed by atoms with van der Waals surface area (Å²) in [6.07, 6.45) is 4.99. The Morgan fingerprint density at radius 3 is 2.74 bits per heavy atom. The van der Waals surface area contributed by atoms with Gasteiger partial charge in [-0.25, -0.2) is 0 Å². The van der Waals surface area contributed by atoms with Gasteiger partial charge in [0.25, 0.3) is 0 Å². The molecule has 1 atom stereocenters. The van der Waals surface area contributed by atoms with Gasteiger partial charge in [0.2, 0.25) is 5.91 Å². The molecule has 23 heavy (non-hydrogen) atoms. The second-order valence-electron chi connectivity index (χ2n) is 5.31. The van der Waals surface area contributed by atoms with Gasteiger partial charge >= 0.3 is 0 Å². The summed E-state index contributed by atoms with van der Waals surface area (Å²) in [4.78, 5) is 12.1. The van der Waals surface area contributed by atoms with Crippen LogP contribution in [0.5, 0.6) is 11.5 Å². The van der Waals surface area contributed by atoms with E-state index in [4.69, 9.17) is 21.1 Å². The normalized spacial score (nSPS) is 17.1. The first-order valence-corrected chi connectivity index (χ1v) is 10.4. The third-order valence-electron chi connectivity index (χ3n) is 3.66. The Morgan fingerprint density at radius 1 is 1.30 bits per heavy atom. The Hall–Kier alpha value is -0.720. The Bertz CT molecular complexity index is 536. The molecule has 0 bridgehead atoms. The number of carbonyl (C=O) groups is 1. The Morgan fingerprint density at radius 2 is 2.09 bits per heavy atom. The van der Waals surface area contributed by atoms with E-state index in [0.29, 0.717) is 28.6 Å². The number of amides is 1. The second kappa shape index (κ2) is 9.55. The number of methoxy groups -OCH3 is 2. The van der Waals surface area contributed by atoms with Gasteiger partial charge < -0.3 is 14.8 Å². The van der Waals surface area contributed by atoms with Crippen molar-refractivity contribution in [3.63, 3.8) is 0 Å². The molecule has 0 aliphatic carbocycles. The molecule has 1 amide bonds. The fourth-order valence-corrected chi connectivity index (χ4v) is 5.66. The smallest absolute Gasteiger partial charge is 0.224 e. The predicted octanol–water partition coefficient (Wildman–Crippen LogP) is 5.01. The standard InChI is InChI=1S/C16H22ClNO3S2/c1-20-14-10-15(21-2)13(9-12(14)17)18-16(19)6-4-3-5-11-7-8-22-23-11/h9-11H,3-8H2,1-2H3,(H,18,19). The van der Waals surface area contributed by atoms with Crippen LogP contribution in [0.15, 0.2) is 12.1 Å². The van der Waals surface area contributed by atoms with Gasteiger partial charge in [-0.15, -0.1) is 0 Å². The number of unbranched alkanes of at least 4 members (excludes halogenated alkanes) is 1. The van der Waals surface area contributed by atoms with Crippen molar-refractivity contribution in [2.45, 2.75) is 37.4 Å². The number of hydrogen-bond donors (Lipinski definition) is 1. The van der Waals surface area contributed by atoms with Crippen LogP contribution in [0.1, 0.15) is 32.1 Å². The van der Waals surface area contributed by atoms with E-state index >= 15 is 0 Å². The minimum absolute atomic E-state index is 0.0158. The monoisotopic (exact) mass is 375 g/mol. The second-order valence-corrected chi connectivity index (χ2v) is 8.50. The van der Waals surface area contributed by atoms with Crippen LogP contribution in [-0.4, -0.2) is 31.1 Å². The molecule has 1 fully saturated rings. The number of nitrogens with one attached hydrogen (secondary N) is 1. The van der Waals surface area contributed by atoms with Gasteiger partial charge in [-0.3, -0.25) is 4.79 Å². The molecule has 128 valence electrons. The minimum atomic E-state index is -0.0158. The molecule has 1 N–H and O–H groups in total. The Kier molecular flexibility index (Phi) is 7.73. The van der Waals surface area contributed by atoms with E-state index in [2.05, 4.69) is 5.32 Å². The van der Waals surface area contributed by atoms with Crippen LogP contribution >= 0.6 is 33.2 Å².